The Morgan fingerprint density at radius 3 is 2.19 bits per heavy atom. The van der Waals surface area contributed by atoms with E-state index in [-0.39, 0.29) is 17.3 Å². The van der Waals surface area contributed by atoms with Crippen molar-refractivity contribution < 1.29 is 27.4 Å². The Morgan fingerprint density at radius 2 is 1.61 bits per heavy atom. The fourth-order valence-corrected chi connectivity index (χ4v) is 4.96. The van der Waals surface area contributed by atoms with E-state index in [1.807, 2.05) is 19.9 Å². The second kappa shape index (κ2) is 9.57. The summed E-state index contributed by atoms with van der Waals surface area (Å²) in [6, 6.07) is 9.87. The van der Waals surface area contributed by atoms with Crippen molar-refractivity contribution in [1.29, 1.82) is 0 Å². The second-order valence-corrected chi connectivity index (χ2v) is 9.23. The number of sulfonamides is 1. The second-order valence-electron chi connectivity index (χ2n) is 7.37. The lowest BCUT2D eigenvalue weighted by Crippen LogP contribution is -2.47. The molecule has 0 bridgehead atoms. The zero-order valence-electron chi connectivity index (χ0n) is 18.3. The van der Waals surface area contributed by atoms with E-state index in [9.17, 15) is 13.2 Å². The van der Waals surface area contributed by atoms with Crippen molar-refractivity contribution in [3.05, 3.63) is 47.5 Å². The van der Waals surface area contributed by atoms with Gasteiger partial charge in [0.15, 0.2) is 11.5 Å². The highest BCUT2D eigenvalue weighted by molar-refractivity contribution is 7.92. The van der Waals surface area contributed by atoms with Crippen molar-refractivity contribution in [3.63, 3.8) is 0 Å². The van der Waals surface area contributed by atoms with Gasteiger partial charge in [-0.3, -0.25) is 9.10 Å². The first kappa shape index (κ1) is 22.9. The van der Waals surface area contributed by atoms with Crippen LogP contribution in [0.3, 0.4) is 0 Å². The molecule has 0 saturated carbocycles. The smallest absolute Gasteiger partial charge is 0.264 e. The summed E-state index contributed by atoms with van der Waals surface area (Å²) < 4.78 is 44.3. The molecule has 1 amide bonds. The monoisotopic (exact) mass is 448 g/mol. The number of rotatable bonds is 7. The van der Waals surface area contributed by atoms with Crippen LogP contribution in [0.5, 0.6) is 11.5 Å². The fourth-order valence-electron chi connectivity index (χ4n) is 3.55. The normalized spacial score (nSPS) is 14.3. The summed E-state index contributed by atoms with van der Waals surface area (Å²) in [5.41, 5.74) is 2.25. The van der Waals surface area contributed by atoms with Crippen LogP contribution < -0.4 is 13.8 Å². The molecule has 0 N–H and O–H groups in total. The third-order valence-electron chi connectivity index (χ3n) is 5.08. The molecule has 0 aliphatic carbocycles. The van der Waals surface area contributed by atoms with Crippen molar-refractivity contribution in [2.75, 3.05) is 51.4 Å². The van der Waals surface area contributed by atoms with E-state index < -0.39 is 10.0 Å². The molecule has 8 nitrogen and oxygen atoms in total. The third kappa shape index (κ3) is 5.11. The van der Waals surface area contributed by atoms with Crippen molar-refractivity contribution in [2.24, 2.45) is 0 Å². The Kier molecular flexibility index (Phi) is 7.07. The molecule has 0 radical (unpaired) electrons. The van der Waals surface area contributed by atoms with Gasteiger partial charge < -0.3 is 19.1 Å². The van der Waals surface area contributed by atoms with E-state index in [0.29, 0.717) is 43.5 Å². The van der Waals surface area contributed by atoms with E-state index in [2.05, 4.69) is 0 Å². The van der Waals surface area contributed by atoms with Crippen LogP contribution >= 0.6 is 0 Å². The topological polar surface area (TPSA) is 85.4 Å². The van der Waals surface area contributed by atoms with Gasteiger partial charge in [0.1, 0.15) is 6.54 Å². The largest absolute Gasteiger partial charge is 0.493 e. The SMILES string of the molecule is COc1ccc(S(=O)(=O)N(CC(=O)N2CCOCC2)c2cc(C)cc(C)c2)cc1OC. The van der Waals surface area contributed by atoms with Crippen LogP contribution in [0.4, 0.5) is 5.69 Å². The van der Waals surface area contributed by atoms with Crippen LogP contribution in [0.15, 0.2) is 41.3 Å². The lowest BCUT2D eigenvalue weighted by molar-refractivity contribution is -0.133. The van der Waals surface area contributed by atoms with Gasteiger partial charge in [0.25, 0.3) is 10.0 Å². The highest BCUT2D eigenvalue weighted by atomic mass is 32.2. The predicted molar refractivity (Wildman–Crippen MR) is 117 cm³/mol. The van der Waals surface area contributed by atoms with Crippen LogP contribution in [0.2, 0.25) is 0 Å². The van der Waals surface area contributed by atoms with Crippen molar-refractivity contribution >= 4 is 21.6 Å². The zero-order valence-corrected chi connectivity index (χ0v) is 19.1. The van der Waals surface area contributed by atoms with Crippen LogP contribution in [-0.2, 0) is 19.6 Å². The van der Waals surface area contributed by atoms with Gasteiger partial charge in [-0.15, -0.1) is 0 Å². The molecule has 1 heterocycles. The van der Waals surface area contributed by atoms with Gasteiger partial charge >= 0.3 is 0 Å². The molecular formula is C22H28N2O6S. The molecule has 31 heavy (non-hydrogen) atoms. The van der Waals surface area contributed by atoms with Crippen LogP contribution in [-0.4, -0.2) is 66.3 Å². The first-order valence-corrected chi connectivity index (χ1v) is 11.4. The quantitative estimate of drug-likeness (QED) is 0.647. The van der Waals surface area contributed by atoms with Crippen LogP contribution in [0, 0.1) is 13.8 Å². The Bertz CT molecular complexity index is 1030. The lowest BCUT2D eigenvalue weighted by atomic mass is 10.1. The first-order chi connectivity index (χ1) is 14.8. The zero-order chi connectivity index (χ0) is 22.6. The molecule has 0 atom stereocenters. The predicted octanol–water partition coefficient (Wildman–Crippen LogP) is 2.37. The number of morpholine rings is 1. The number of anilines is 1. The van der Waals surface area contributed by atoms with Gasteiger partial charge in [-0.05, 0) is 49.2 Å². The molecule has 3 rings (SSSR count). The number of carbonyl (C=O) groups is 1. The maximum absolute atomic E-state index is 13.7. The minimum atomic E-state index is -4.06. The van der Waals surface area contributed by atoms with Gasteiger partial charge in [0.05, 0.1) is 38.0 Å². The van der Waals surface area contributed by atoms with Gasteiger partial charge in [-0.2, -0.15) is 0 Å². The Labute approximate surface area is 183 Å². The average Bonchev–Trinajstić information content (AvgIpc) is 2.76. The Morgan fingerprint density at radius 1 is 1.00 bits per heavy atom. The number of amides is 1. The van der Waals surface area contributed by atoms with E-state index in [0.717, 1.165) is 15.4 Å². The summed E-state index contributed by atoms with van der Waals surface area (Å²) in [7, 11) is -1.14. The number of carbonyl (C=O) groups excluding carboxylic acids is 1. The molecule has 0 unspecified atom stereocenters. The summed E-state index contributed by atoms with van der Waals surface area (Å²) in [6.07, 6.45) is 0. The van der Waals surface area contributed by atoms with Crippen molar-refractivity contribution in [3.8, 4) is 11.5 Å². The molecule has 0 aromatic heterocycles. The molecule has 0 spiro atoms. The summed E-state index contributed by atoms with van der Waals surface area (Å²) in [5.74, 6) is 0.443. The number of benzene rings is 2. The average molecular weight is 449 g/mol. The molecule has 9 heteroatoms. The summed E-state index contributed by atoms with van der Waals surface area (Å²) in [4.78, 5) is 14.6. The maximum atomic E-state index is 13.7. The van der Waals surface area contributed by atoms with Gasteiger partial charge in [-0.1, -0.05) is 6.07 Å². The standard InChI is InChI=1S/C22H28N2O6S/c1-16-11-17(2)13-18(12-16)24(15-22(25)23-7-9-30-10-8-23)31(26,27)19-5-6-20(28-3)21(14-19)29-4/h5-6,11-14H,7-10,15H2,1-4H3. The van der Waals surface area contributed by atoms with Gasteiger partial charge in [-0.25, -0.2) is 8.42 Å². The van der Waals surface area contributed by atoms with E-state index in [1.54, 1.807) is 17.0 Å². The van der Waals surface area contributed by atoms with Crippen LogP contribution in [0.1, 0.15) is 11.1 Å². The molecule has 1 aliphatic rings. The molecule has 2 aromatic carbocycles. The molecule has 168 valence electrons. The Hall–Kier alpha value is -2.78. The van der Waals surface area contributed by atoms with Gasteiger partial charge in [0, 0.05) is 19.2 Å². The van der Waals surface area contributed by atoms with E-state index >= 15 is 0 Å². The Balaban J connectivity index is 2.04. The molecule has 1 saturated heterocycles. The van der Waals surface area contributed by atoms with Crippen molar-refractivity contribution in [2.45, 2.75) is 18.7 Å². The third-order valence-corrected chi connectivity index (χ3v) is 6.85. The number of ether oxygens (including phenoxy) is 3. The number of hydrogen-bond donors (Lipinski definition) is 0. The van der Waals surface area contributed by atoms with E-state index in [4.69, 9.17) is 14.2 Å². The molecular weight excluding hydrogens is 420 g/mol. The minimum Gasteiger partial charge on any atom is -0.493 e. The summed E-state index contributed by atoms with van der Waals surface area (Å²) in [6.45, 7) is 5.24. The number of hydrogen-bond acceptors (Lipinski definition) is 6. The summed E-state index contributed by atoms with van der Waals surface area (Å²) >= 11 is 0. The van der Waals surface area contributed by atoms with Crippen molar-refractivity contribution in [1.82, 2.24) is 4.90 Å². The first-order valence-electron chi connectivity index (χ1n) is 9.95. The fraction of sp³-hybridized carbons (Fsp3) is 0.409. The summed E-state index contributed by atoms with van der Waals surface area (Å²) in [5, 5.41) is 0. The lowest BCUT2D eigenvalue weighted by Gasteiger charge is -2.31. The highest BCUT2D eigenvalue weighted by Gasteiger charge is 2.30. The number of aryl methyl sites for hydroxylation is 2. The molecule has 1 aliphatic heterocycles. The highest BCUT2D eigenvalue weighted by Crippen LogP contribution is 2.32. The number of methoxy groups -OCH3 is 2. The number of nitrogens with zero attached hydrogens (tertiary/aromatic N) is 2. The molecule has 1 fully saturated rings. The van der Waals surface area contributed by atoms with Gasteiger partial charge in [0.2, 0.25) is 5.91 Å². The minimum absolute atomic E-state index is 0.0130. The molecule has 2 aromatic rings. The van der Waals surface area contributed by atoms with Crippen LogP contribution in [0.25, 0.3) is 0 Å². The maximum Gasteiger partial charge on any atom is 0.264 e. The van der Waals surface area contributed by atoms with E-state index in [1.165, 1.54) is 32.4 Å².